The monoisotopic (exact) mass is 246 g/mol. The fourth-order valence-corrected chi connectivity index (χ4v) is 1.67. The molecule has 2 nitrogen and oxygen atoms in total. The Kier molecular flexibility index (Phi) is 3.95. The predicted octanol–water partition coefficient (Wildman–Crippen LogP) is 3.21. The molecule has 0 bridgehead atoms. The Bertz CT molecular complexity index is 521. The van der Waals surface area contributed by atoms with Crippen molar-refractivity contribution in [3.8, 4) is 5.75 Å². The molecule has 1 N–H and O–H groups in total. The van der Waals surface area contributed by atoms with E-state index in [-0.39, 0.29) is 12.4 Å². The third-order valence-electron chi connectivity index (χ3n) is 2.80. The van der Waals surface area contributed by atoms with Crippen molar-refractivity contribution in [3.63, 3.8) is 0 Å². The molecule has 0 saturated heterocycles. The van der Waals surface area contributed by atoms with E-state index in [1.807, 2.05) is 31.2 Å². The lowest BCUT2D eigenvalue weighted by molar-refractivity contribution is 0.280. The van der Waals surface area contributed by atoms with Crippen molar-refractivity contribution in [1.29, 1.82) is 0 Å². The molecule has 2 aromatic carbocycles. The molecule has 2 rings (SSSR count). The first kappa shape index (κ1) is 12.6. The zero-order valence-electron chi connectivity index (χ0n) is 10.2. The summed E-state index contributed by atoms with van der Waals surface area (Å²) in [6.07, 6.45) is 0. The molecule has 0 amide bonds. The van der Waals surface area contributed by atoms with Gasteiger partial charge in [-0.1, -0.05) is 18.2 Å². The SMILES string of the molecule is Cc1cc(F)ccc1COc1ccc(CO)cc1. The van der Waals surface area contributed by atoms with Crippen LogP contribution in [0.5, 0.6) is 5.75 Å². The number of rotatable bonds is 4. The molecule has 0 aromatic heterocycles. The van der Waals surface area contributed by atoms with Crippen molar-refractivity contribution in [3.05, 3.63) is 65.0 Å². The highest BCUT2D eigenvalue weighted by Crippen LogP contribution is 2.16. The Morgan fingerprint density at radius 2 is 1.83 bits per heavy atom. The van der Waals surface area contributed by atoms with Crippen LogP contribution in [0.15, 0.2) is 42.5 Å². The standard InChI is InChI=1S/C15H15FO2/c1-11-8-14(16)5-4-13(11)10-18-15-6-2-12(9-17)3-7-15/h2-8,17H,9-10H2,1H3. The number of aryl methyl sites for hydroxylation is 1. The Morgan fingerprint density at radius 3 is 2.44 bits per heavy atom. The van der Waals surface area contributed by atoms with Gasteiger partial charge in [-0.05, 0) is 47.9 Å². The number of hydrogen-bond acceptors (Lipinski definition) is 2. The Hall–Kier alpha value is -1.87. The van der Waals surface area contributed by atoms with E-state index in [9.17, 15) is 4.39 Å². The number of benzene rings is 2. The van der Waals surface area contributed by atoms with Gasteiger partial charge >= 0.3 is 0 Å². The maximum Gasteiger partial charge on any atom is 0.123 e. The highest BCUT2D eigenvalue weighted by atomic mass is 19.1. The van der Waals surface area contributed by atoms with Gasteiger partial charge in [0.15, 0.2) is 0 Å². The second kappa shape index (κ2) is 5.65. The molecule has 0 aliphatic rings. The minimum atomic E-state index is -0.233. The van der Waals surface area contributed by atoms with Gasteiger partial charge in [0.05, 0.1) is 6.61 Å². The van der Waals surface area contributed by atoms with E-state index in [2.05, 4.69) is 0 Å². The van der Waals surface area contributed by atoms with E-state index < -0.39 is 0 Å². The molecule has 2 aromatic rings. The number of halogens is 1. The van der Waals surface area contributed by atoms with Gasteiger partial charge in [0, 0.05) is 0 Å². The quantitative estimate of drug-likeness (QED) is 0.897. The van der Waals surface area contributed by atoms with Gasteiger partial charge < -0.3 is 9.84 Å². The molecule has 0 atom stereocenters. The molecule has 0 radical (unpaired) electrons. The van der Waals surface area contributed by atoms with Crippen LogP contribution in [-0.4, -0.2) is 5.11 Å². The molecule has 0 fully saturated rings. The molecular formula is C15H15FO2. The minimum absolute atomic E-state index is 0.0251. The molecule has 0 unspecified atom stereocenters. The van der Waals surface area contributed by atoms with Crippen LogP contribution in [0.3, 0.4) is 0 Å². The van der Waals surface area contributed by atoms with Crippen molar-refractivity contribution in [2.45, 2.75) is 20.1 Å². The van der Waals surface area contributed by atoms with Crippen LogP contribution >= 0.6 is 0 Å². The summed E-state index contributed by atoms with van der Waals surface area (Å²) in [5.74, 6) is 0.500. The van der Waals surface area contributed by atoms with E-state index in [0.717, 1.165) is 22.4 Å². The van der Waals surface area contributed by atoms with Crippen LogP contribution < -0.4 is 4.74 Å². The molecule has 94 valence electrons. The van der Waals surface area contributed by atoms with Crippen molar-refractivity contribution in [2.24, 2.45) is 0 Å². The van der Waals surface area contributed by atoms with E-state index in [0.29, 0.717) is 6.61 Å². The summed E-state index contributed by atoms with van der Waals surface area (Å²) >= 11 is 0. The van der Waals surface area contributed by atoms with Crippen LogP contribution in [-0.2, 0) is 13.2 Å². The summed E-state index contributed by atoms with van der Waals surface area (Å²) in [6, 6.07) is 11.9. The van der Waals surface area contributed by atoms with Crippen molar-refractivity contribution < 1.29 is 14.2 Å². The van der Waals surface area contributed by atoms with Gasteiger partial charge in [0.2, 0.25) is 0 Å². The third-order valence-corrected chi connectivity index (χ3v) is 2.80. The highest BCUT2D eigenvalue weighted by molar-refractivity contribution is 5.29. The van der Waals surface area contributed by atoms with Crippen LogP contribution in [0.4, 0.5) is 4.39 Å². The first-order valence-corrected chi connectivity index (χ1v) is 5.76. The zero-order chi connectivity index (χ0) is 13.0. The van der Waals surface area contributed by atoms with Gasteiger partial charge in [-0.25, -0.2) is 4.39 Å². The number of hydrogen-bond donors (Lipinski definition) is 1. The number of aliphatic hydroxyl groups is 1. The molecular weight excluding hydrogens is 231 g/mol. The van der Waals surface area contributed by atoms with Crippen molar-refractivity contribution in [2.75, 3.05) is 0 Å². The smallest absolute Gasteiger partial charge is 0.123 e. The van der Waals surface area contributed by atoms with E-state index in [1.54, 1.807) is 6.07 Å². The summed E-state index contributed by atoms with van der Waals surface area (Å²) in [4.78, 5) is 0. The van der Waals surface area contributed by atoms with Crippen LogP contribution in [0.25, 0.3) is 0 Å². The zero-order valence-corrected chi connectivity index (χ0v) is 10.2. The molecule has 0 saturated carbocycles. The Morgan fingerprint density at radius 1 is 1.11 bits per heavy atom. The second-order valence-electron chi connectivity index (χ2n) is 4.16. The van der Waals surface area contributed by atoms with Gasteiger partial charge in [-0.2, -0.15) is 0 Å². The first-order valence-electron chi connectivity index (χ1n) is 5.76. The van der Waals surface area contributed by atoms with Crippen molar-refractivity contribution in [1.82, 2.24) is 0 Å². The lowest BCUT2D eigenvalue weighted by Gasteiger charge is -2.09. The Balaban J connectivity index is 2.02. The average Bonchev–Trinajstić information content (AvgIpc) is 2.38. The average molecular weight is 246 g/mol. The van der Waals surface area contributed by atoms with Gasteiger partial charge in [0.1, 0.15) is 18.2 Å². The van der Waals surface area contributed by atoms with Gasteiger partial charge in [0.25, 0.3) is 0 Å². The summed E-state index contributed by atoms with van der Waals surface area (Å²) in [5.41, 5.74) is 2.69. The second-order valence-corrected chi connectivity index (χ2v) is 4.16. The minimum Gasteiger partial charge on any atom is -0.489 e. The van der Waals surface area contributed by atoms with E-state index in [4.69, 9.17) is 9.84 Å². The normalized spacial score (nSPS) is 10.4. The number of ether oxygens (including phenoxy) is 1. The summed E-state index contributed by atoms with van der Waals surface area (Å²) in [6.45, 7) is 2.29. The number of aliphatic hydroxyl groups excluding tert-OH is 1. The van der Waals surface area contributed by atoms with Crippen LogP contribution in [0, 0.1) is 12.7 Å². The Labute approximate surface area is 106 Å². The summed E-state index contributed by atoms with van der Waals surface area (Å²) < 4.78 is 18.5. The molecule has 0 spiro atoms. The summed E-state index contributed by atoms with van der Waals surface area (Å²) in [7, 11) is 0. The van der Waals surface area contributed by atoms with Crippen LogP contribution in [0.2, 0.25) is 0 Å². The topological polar surface area (TPSA) is 29.5 Å². The lowest BCUT2D eigenvalue weighted by atomic mass is 10.1. The van der Waals surface area contributed by atoms with E-state index >= 15 is 0 Å². The molecule has 0 heterocycles. The van der Waals surface area contributed by atoms with Crippen molar-refractivity contribution >= 4 is 0 Å². The third kappa shape index (κ3) is 3.08. The van der Waals surface area contributed by atoms with Crippen LogP contribution in [0.1, 0.15) is 16.7 Å². The van der Waals surface area contributed by atoms with Gasteiger partial charge in [-0.3, -0.25) is 0 Å². The maximum atomic E-state index is 12.9. The fraction of sp³-hybridized carbons (Fsp3) is 0.200. The molecule has 18 heavy (non-hydrogen) atoms. The highest BCUT2D eigenvalue weighted by Gasteiger charge is 2.01. The summed E-state index contributed by atoms with van der Waals surface area (Å²) in [5, 5.41) is 8.92. The largest absolute Gasteiger partial charge is 0.489 e. The molecule has 0 aliphatic heterocycles. The van der Waals surface area contributed by atoms with Gasteiger partial charge in [-0.15, -0.1) is 0 Å². The first-order chi connectivity index (χ1) is 8.69. The lowest BCUT2D eigenvalue weighted by Crippen LogP contribution is -1.98. The van der Waals surface area contributed by atoms with E-state index in [1.165, 1.54) is 12.1 Å². The maximum absolute atomic E-state index is 12.9. The fourth-order valence-electron chi connectivity index (χ4n) is 1.67. The predicted molar refractivity (Wildman–Crippen MR) is 67.8 cm³/mol. The molecule has 0 aliphatic carbocycles. The molecule has 3 heteroatoms.